The van der Waals surface area contributed by atoms with Crippen LogP contribution in [0.25, 0.3) is 0 Å². The van der Waals surface area contributed by atoms with Gasteiger partial charge in [-0.05, 0) is 25.8 Å². The Morgan fingerprint density at radius 1 is 1.27 bits per heavy atom. The van der Waals surface area contributed by atoms with Gasteiger partial charge >= 0.3 is 12.1 Å². The molecule has 5 rings (SSSR count). The molecule has 1 N–H and O–H groups in total. The fourth-order valence-corrected chi connectivity index (χ4v) is 6.42. The smallest absolute Gasteiger partial charge is 0.475 e. The van der Waals surface area contributed by atoms with Crippen molar-refractivity contribution in [1.82, 2.24) is 29.5 Å². The largest absolute Gasteiger partial charge is 0.490 e. The summed E-state index contributed by atoms with van der Waals surface area (Å²) in [5, 5.41) is 17.8. The van der Waals surface area contributed by atoms with Gasteiger partial charge in [-0.2, -0.15) is 18.3 Å². The van der Waals surface area contributed by atoms with Crippen molar-refractivity contribution in [3.63, 3.8) is 0 Å². The van der Waals surface area contributed by atoms with Gasteiger partial charge in [-0.1, -0.05) is 0 Å². The standard InChI is InChI=1S/C21H26N6OS2.C2HF3O2/c1-15-24-16(13-30-15)10-27-8-3-5-21(20(27)28)14-26(12-19-22-7-9-29-19)11-17(21)18-4-6-23-25(18)2;3-2(4,5)1(6)7/h4,6-7,9,13,17H,3,5,8,10-12,14H2,1-2H3;(H,6,7)/t17-,21+;/m0./s1. The van der Waals surface area contributed by atoms with E-state index in [0.717, 1.165) is 60.4 Å². The van der Waals surface area contributed by atoms with Crippen LogP contribution in [0.5, 0.6) is 0 Å². The summed E-state index contributed by atoms with van der Waals surface area (Å²) in [7, 11) is 1.98. The average molecular weight is 557 g/mol. The van der Waals surface area contributed by atoms with E-state index in [9.17, 15) is 18.0 Å². The summed E-state index contributed by atoms with van der Waals surface area (Å²) in [6.45, 7) is 5.85. The number of nitrogens with zero attached hydrogens (tertiary/aromatic N) is 6. The van der Waals surface area contributed by atoms with Gasteiger partial charge in [0.1, 0.15) is 5.01 Å². The Balaban J connectivity index is 0.000000405. The third-order valence-corrected chi connectivity index (χ3v) is 8.28. The van der Waals surface area contributed by atoms with Crippen LogP contribution in [0.3, 0.4) is 0 Å². The summed E-state index contributed by atoms with van der Waals surface area (Å²) in [5.41, 5.74) is 1.74. The molecule has 2 aliphatic rings. The van der Waals surface area contributed by atoms with E-state index in [1.165, 1.54) is 0 Å². The van der Waals surface area contributed by atoms with E-state index in [2.05, 4.69) is 31.4 Å². The summed E-state index contributed by atoms with van der Waals surface area (Å²) in [6, 6.07) is 2.08. The van der Waals surface area contributed by atoms with E-state index in [-0.39, 0.29) is 11.8 Å². The number of rotatable bonds is 5. The van der Waals surface area contributed by atoms with Crippen molar-refractivity contribution >= 4 is 34.6 Å². The van der Waals surface area contributed by atoms with Crippen LogP contribution < -0.4 is 0 Å². The normalized spacial score (nSPS) is 22.4. The lowest BCUT2D eigenvalue weighted by atomic mass is 9.70. The van der Waals surface area contributed by atoms with Gasteiger partial charge in [-0.25, -0.2) is 14.8 Å². The highest BCUT2D eigenvalue weighted by molar-refractivity contribution is 7.09. The number of likely N-dealkylation sites (tertiary alicyclic amines) is 2. The second kappa shape index (κ2) is 10.9. The van der Waals surface area contributed by atoms with E-state index >= 15 is 0 Å². The maximum absolute atomic E-state index is 14.0. The van der Waals surface area contributed by atoms with E-state index in [4.69, 9.17) is 9.90 Å². The molecule has 37 heavy (non-hydrogen) atoms. The quantitative estimate of drug-likeness (QED) is 0.511. The number of carbonyl (C=O) groups excluding carboxylic acids is 1. The zero-order valence-electron chi connectivity index (χ0n) is 20.3. The van der Waals surface area contributed by atoms with Gasteiger partial charge in [-0.3, -0.25) is 14.4 Å². The molecule has 9 nitrogen and oxygen atoms in total. The molecular weight excluding hydrogens is 529 g/mol. The minimum Gasteiger partial charge on any atom is -0.475 e. The Kier molecular flexibility index (Phi) is 7.99. The number of hydrogen-bond donors (Lipinski definition) is 1. The molecule has 1 amide bonds. The fraction of sp³-hybridized carbons (Fsp3) is 0.522. The zero-order chi connectivity index (χ0) is 26.8. The Morgan fingerprint density at radius 3 is 2.59 bits per heavy atom. The first-order valence-electron chi connectivity index (χ1n) is 11.6. The molecule has 14 heteroatoms. The van der Waals surface area contributed by atoms with Crippen molar-refractivity contribution in [3.8, 4) is 0 Å². The fourth-order valence-electron chi connectivity index (χ4n) is 5.16. The van der Waals surface area contributed by atoms with Crippen molar-refractivity contribution < 1.29 is 27.9 Å². The van der Waals surface area contributed by atoms with E-state index in [1.807, 2.05) is 41.3 Å². The maximum atomic E-state index is 14.0. The highest BCUT2D eigenvalue weighted by Gasteiger charge is 2.56. The highest BCUT2D eigenvalue weighted by atomic mass is 32.1. The number of piperidine rings is 1. The lowest BCUT2D eigenvalue weighted by Gasteiger charge is -2.42. The summed E-state index contributed by atoms with van der Waals surface area (Å²) in [4.78, 5) is 36.4. The van der Waals surface area contributed by atoms with E-state index < -0.39 is 17.6 Å². The Bertz CT molecular complexity index is 1230. The van der Waals surface area contributed by atoms with Crippen LogP contribution >= 0.6 is 22.7 Å². The van der Waals surface area contributed by atoms with E-state index in [1.54, 1.807) is 22.7 Å². The first-order valence-corrected chi connectivity index (χ1v) is 13.3. The number of aliphatic carboxylic acids is 1. The molecule has 1 spiro atoms. The Hall–Kier alpha value is -2.84. The molecule has 0 aliphatic carbocycles. The van der Waals surface area contributed by atoms with E-state index in [0.29, 0.717) is 6.54 Å². The van der Waals surface area contributed by atoms with Gasteiger partial charge in [-0.15, -0.1) is 22.7 Å². The minimum absolute atomic E-state index is 0.137. The highest BCUT2D eigenvalue weighted by Crippen LogP contribution is 2.49. The SMILES string of the molecule is Cc1nc(CN2CCC[C@]3(CN(Cc4nccs4)C[C@H]3c3ccnn3C)C2=O)cs1.O=C(O)C(F)(F)F. The molecule has 0 aromatic carbocycles. The molecule has 2 aliphatic heterocycles. The van der Waals surface area contributed by atoms with Crippen molar-refractivity contribution in [3.05, 3.63) is 50.6 Å². The molecule has 3 aromatic rings. The van der Waals surface area contributed by atoms with Gasteiger partial charge in [0.25, 0.3) is 0 Å². The molecule has 200 valence electrons. The molecule has 2 atom stereocenters. The number of carboxylic acids is 1. The number of carbonyl (C=O) groups is 2. The van der Waals surface area contributed by atoms with Crippen LogP contribution in [0.15, 0.2) is 29.2 Å². The van der Waals surface area contributed by atoms with Gasteiger partial charge in [0.05, 0.1) is 29.2 Å². The molecule has 3 aromatic heterocycles. The van der Waals surface area contributed by atoms with Gasteiger partial charge in [0.2, 0.25) is 5.91 Å². The van der Waals surface area contributed by atoms with Crippen LogP contribution in [0.2, 0.25) is 0 Å². The molecule has 2 saturated heterocycles. The molecule has 5 heterocycles. The third kappa shape index (κ3) is 6.02. The number of aromatic nitrogens is 4. The molecular formula is C23H27F3N6O3S2. The summed E-state index contributed by atoms with van der Waals surface area (Å²) in [5.74, 6) is -2.35. The number of amides is 1. The molecule has 0 radical (unpaired) electrons. The van der Waals surface area contributed by atoms with Crippen molar-refractivity contribution in [2.24, 2.45) is 12.5 Å². The maximum Gasteiger partial charge on any atom is 0.490 e. The van der Waals surface area contributed by atoms with Crippen LogP contribution in [-0.4, -0.2) is 72.3 Å². The van der Waals surface area contributed by atoms with Crippen molar-refractivity contribution in [1.29, 1.82) is 0 Å². The van der Waals surface area contributed by atoms with Crippen molar-refractivity contribution in [2.75, 3.05) is 19.6 Å². The summed E-state index contributed by atoms with van der Waals surface area (Å²) in [6.07, 6.45) is 0.556. The molecule has 0 saturated carbocycles. The first kappa shape index (κ1) is 27.2. The lowest BCUT2D eigenvalue weighted by Crippen LogP contribution is -2.52. The van der Waals surface area contributed by atoms with Crippen LogP contribution in [0.4, 0.5) is 13.2 Å². The number of alkyl halides is 3. The summed E-state index contributed by atoms with van der Waals surface area (Å²) >= 11 is 3.33. The van der Waals surface area contributed by atoms with Crippen LogP contribution in [0, 0.1) is 12.3 Å². The summed E-state index contributed by atoms with van der Waals surface area (Å²) < 4.78 is 33.7. The monoisotopic (exact) mass is 556 g/mol. The second-order valence-electron chi connectivity index (χ2n) is 9.17. The number of hydrogen-bond acceptors (Lipinski definition) is 8. The van der Waals surface area contributed by atoms with Crippen LogP contribution in [-0.2, 0) is 29.7 Å². The first-order chi connectivity index (χ1) is 17.5. The minimum atomic E-state index is -5.08. The Morgan fingerprint density at radius 2 is 2.03 bits per heavy atom. The zero-order valence-corrected chi connectivity index (χ0v) is 21.9. The predicted molar refractivity (Wildman–Crippen MR) is 131 cm³/mol. The van der Waals surface area contributed by atoms with Gasteiger partial charge < -0.3 is 10.0 Å². The molecule has 2 fully saturated rings. The third-order valence-electron chi connectivity index (χ3n) is 6.70. The number of thiazole rings is 2. The number of carboxylic acid groups (broad SMARTS) is 1. The topological polar surface area (TPSA) is 104 Å². The predicted octanol–water partition coefficient (Wildman–Crippen LogP) is 3.68. The Labute approximate surface area is 219 Å². The van der Waals surface area contributed by atoms with Gasteiger partial charge in [0.15, 0.2) is 0 Å². The van der Waals surface area contributed by atoms with Gasteiger partial charge in [0, 0.05) is 61.4 Å². The molecule has 0 bridgehead atoms. The lowest BCUT2D eigenvalue weighted by molar-refractivity contribution is -0.192. The van der Waals surface area contributed by atoms with Crippen molar-refractivity contribution in [2.45, 2.75) is 44.9 Å². The van der Waals surface area contributed by atoms with Crippen LogP contribution in [0.1, 0.15) is 40.2 Å². The second-order valence-corrected chi connectivity index (χ2v) is 11.2. The number of halogens is 3. The number of aryl methyl sites for hydroxylation is 2. The average Bonchev–Trinajstić information content (AvgIpc) is 3.61. The molecule has 0 unspecified atom stereocenters.